The van der Waals surface area contributed by atoms with Crippen molar-refractivity contribution in [2.45, 2.75) is 6.42 Å². The minimum absolute atomic E-state index is 0.0562. The molecular weight excluding hydrogens is 382 g/mol. The zero-order chi connectivity index (χ0) is 17.6. The summed E-state index contributed by atoms with van der Waals surface area (Å²) in [5, 5.41) is 11.0. The molecule has 0 aliphatic carbocycles. The molecule has 0 radical (unpaired) electrons. The topological polar surface area (TPSA) is 64.1 Å². The number of halogens is 1. The van der Waals surface area contributed by atoms with Gasteiger partial charge in [-0.2, -0.15) is 0 Å². The van der Waals surface area contributed by atoms with Crippen LogP contribution in [0.4, 0.5) is 5.69 Å². The third-order valence-corrected chi connectivity index (χ3v) is 4.12. The molecule has 0 aliphatic rings. The number of anilines is 1. The number of aromatic nitrogens is 2. The van der Waals surface area contributed by atoms with Crippen LogP contribution in [0.25, 0.3) is 11.3 Å². The van der Waals surface area contributed by atoms with Gasteiger partial charge in [-0.15, -0.1) is 10.2 Å². The maximum absolute atomic E-state index is 12.1. The molecule has 0 spiro atoms. The van der Waals surface area contributed by atoms with E-state index in [0.717, 1.165) is 27.0 Å². The second kappa shape index (κ2) is 7.90. The summed E-state index contributed by atoms with van der Waals surface area (Å²) in [6.45, 7) is 0. The van der Waals surface area contributed by atoms with Gasteiger partial charge >= 0.3 is 0 Å². The lowest BCUT2D eigenvalue weighted by Gasteiger charge is -2.07. The first-order chi connectivity index (χ1) is 12.1. The normalized spacial score (nSPS) is 10.3. The van der Waals surface area contributed by atoms with E-state index in [1.54, 1.807) is 13.2 Å². The van der Waals surface area contributed by atoms with E-state index in [9.17, 15) is 4.79 Å². The van der Waals surface area contributed by atoms with Gasteiger partial charge in [-0.25, -0.2) is 0 Å². The van der Waals surface area contributed by atoms with Crippen molar-refractivity contribution in [3.8, 4) is 17.1 Å². The van der Waals surface area contributed by atoms with Crippen molar-refractivity contribution in [2.75, 3.05) is 12.4 Å². The van der Waals surface area contributed by atoms with Gasteiger partial charge in [-0.05, 0) is 35.9 Å². The van der Waals surface area contributed by atoms with Crippen LogP contribution in [0.5, 0.6) is 5.88 Å². The van der Waals surface area contributed by atoms with Crippen LogP contribution in [0.2, 0.25) is 0 Å². The Hall–Kier alpha value is -2.73. The van der Waals surface area contributed by atoms with Gasteiger partial charge in [0, 0.05) is 21.8 Å². The Morgan fingerprint density at radius 2 is 1.72 bits per heavy atom. The van der Waals surface area contributed by atoms with Gasteiger partial charge in [0.2, 0.25) is 11.8 Å². The fourth-order valence-corrected chi connectivity index (χ4v) is 2.56. The van der Waals surface area contributed by atoms with Gasteiger partial charge in [0.15, 0.2) is 0 Å². The second-order valence-electron chi connectivity index (χ2n) is 5.39. The summed E-state index contributed by atoms with van der Waals surface area (Å²) in [7, 11) is 1.55. The first-order valence-corrected chi connectivity index (χ1v) is 8.46. The average molecular weight is 398 g/mol. The number of nitrogens with zero attached hydrogens (tertiary/aromatic N) is 2. The summed E-state index contributed by atoms with van der Waals surface area (Å²) in [5.74, 6) is 0.417. The van der Waals surface area contributed by atoms with Gasteiger partial charge in [0.1, 0.15) is 0 Å². The first kappa shape index (κ1) is 17.1. The highest BCUT2D eigenvalue weighted by Gasteiger charge is 2.06. The van der Waals surface area contributed by atoms with E-state index in [1.807, 2.05) is 54.6 Å². The molecular formula is C19H16BrN3O2. The molecule has 0 saturated carbocycles. The number of ether oxygens (including phenoxy) is 1. The summed E-state index contributed by atoms with van der Waals surface area (Å²) in [6.07, 6.45) is 0.332. The number of carbonyl (C=O) groups excluding carboxylic acids is 1. The van der Waals surface area contributed by atoms with Crippen molar-refractivity contribution >= 4 is 27.5 Å². The molecule has 0 atom stereocenters. The Balaban J connectivity index is 1.63. The lowest BCUT2D eigenvalue weighted by atomic mass is 10.1. The van der Waals surface area contributed by atoms with E-state index >= 15 is 0 Å². The van der Waals surface area contributed by atoms with E-state index in [4.69, 9.17) is 4.74 Å². The van der Waals surface area contributed by atoms with E-state index in [-0.39, 0.29) is 5.91 Å². The molecule has 5 nitrogen and oxygen atoms in total. The maximum atomic E-state index is 12.1. The number of carbonyl (C=O) groups is 1. The summed E-state index contributed by atoms with van der Waals surface area (Å²) in [5.41, 5.74) is 3.37. The Morgan fingerprint density at radius 3 is 2.32 bits per heavy atom. The predicted octanol–water partition coefficient (Wildman–Crippen LogP) is 4.10. The van der Waals surface area contributed by atoms with E-state index in [2.05, 4.69) is 31.4 Å². The molecule has 1 amide bonds. The van der Waals surface area contributed by atoms with Crippen molar-refractivity contribution in [3.05, 3.63) is 70.7 Å². The van der Waals surface area contributed by atoms with Crippen LogP contribution in [-0.4, -0.2) is 23.2 Å². The molecule has 2 aromatic carbocycles. The van der Waals surface area contributed by atoms with Crippen molar-refractivity contribution in [2.24, 2.45) is 0 Å². The lowest BCUT2D eigenvalue weighted by molar-refractivity contribution is -0.115. The van der Waals surface area contributed by atoms with Crippen molar-refractivity contribution < 1.29 is 9.53 Å². The monoisotopic (exact) mass is 397 g/mol. The van der Waals surface area contributed by atoms with Crippen molar-refractivity contribution in [1.29, 1.82) is 0 Å². The largest absolute Gasteiger partial charge is 0.480 e. The average Bonchev–Trinajstić information content (AvgIpc) is 2.64. The Labute approximate surface area is 154 Å². The smallest absolute Gasteiger partial charge is 0.233 e. The first-order valence-electron chi connectivity index (χ1n) is 7.66. The number of hydrogen-bond donors (Lipinski definition) is 1. The summed E-state index contributed by atoms with van der Waals surface area (Å²) in [6, 6.07) is 18.8. The van der Waals surface area contributed by atoms with Gasteiger partial charge in [-0.1, -0.05) is 40.2 Å². The third-order valence-electron chi connectivity index (χ3n) is 3.59. The van der Waals surface area contributed by atoms with E-state index < -0.39 is 0 Å². The molecule has 0 aliphatic heterocycles. The lowest BCUT2D eigenvalue weighted by Crippen LogP contribution is -2.14. The van der Waals surface area contributed by atoms with Crippen molar-refractivity contribution in [1.82, 2.24) is 10.2 Å². The molecule has 1 aromatic heterocycles. The molecule has 0 saturated heterocycles. The third kappa shape index (κ3) is 4.64. The predicted molar refractivity (Wildman–Crippen MR) is 100 cm³/mol. The minimum Gasteiger partial charge on any atom is -0.480 e. The van der Waals surface area contributed by atoms with Gasteiger partial charge in [0.05, 0.1) is 19.2 Å². The van der Waals surface area contributed by atoms with Gasteiger partial charge < -0.3 is 10.1 Å². The molecule has 6 heteroatoms. The number of methoxy groups -OCH3 is 1. The van der Waals surface area contributed by atoms with E-state index in [0.29, 0.717) is 12.3 Å². The van der Waals surface area contributed by atoms with Gasteiger partial charge in [-0.3, -0.25) is 4.79 Å². The SMILES string of the molecule is COc1ccc(-c2ccc(NC(=O)Cc3ccc(Br)cc3)cc2)nn1. The number of benzene rings is 2. The highest BCUT2D eigenvalue weighted by atomic mass is 79.9. The molecule has 3 rings (SSSR count). The molecule has 25 heavy (non-hydrogen) atoms. The molecule has 1 N–H and O–H groups in total. The van der Waals surface area contributed by atoms with Gasteiger partial charge in [0.25, 0.3) is 0 Å². The Kier molecular flexibility index (Phi) is 5.40. The molecule has 0 bridgehead atoms. The number of rotatable bonds is 5. The fraction of sp³-hybridized carbons (Fsp3) is 0.105. The second-order valence-corrected chi connectivity index (χ2v) is 6.31. The number of hydrogen-bond acceptors (Lipinski definition) is 4. The zero-order valence-electron chi connectivity index (χ0n) is 13.6. The van der Waals surface area contributed by atoms with Crippen LogP contribution in [0, 0.1) is 0 Å². The number of nitrogens with one attached hydrogen (secondary N) is 1. The maximum Gasteiger partial charge on any atom is 0.233 e. The summed E-state index contributed by atoms with van der Waals surface area (Å²) < 4.78 is 5.99. The highest BCUT2D eigenvalue weighted by molar-refractivity contribution is 9.10. The fourth-order valence-electron chi connectivity index (χ4n) is 2.30. The molecule has 1 heterocycles. The Bertz CT molecular complexity index is 847. The van der Waals surface area contributed by atoms with Crippen LogP contribution in [0.1, 0.15) is 5.56 Å². The van der Waals surface area contributed by atoms with E-state index in [1.165, 1.54) is 0 Å². The highest BCUT2D eigenvalue weighted by Crippen LogP contribution is 2.20. The minimum atomic E-state index is -0.0562. The van der Waals surface area contributed by atoms with Crippen LogP contribution < -0.4 is 10.1 Å². The van der Waals surface area contributed by atoms with Crippen molar-refractivity contribution in [3.63, 3.8) is 0 Å². The molecule has 126 valence electrons. The number of amides is 1. The zero-order valence-corrected chi connectivity index (χ0v) is 15.2. The van der Waals surface area contributed by atoms with Crippen LogP contribution in [-0.2, 0) is 11.2 Å². The summed E-state index contributed by atoms with van der Waals surface area (Å²) in [4.78, 5) is 12.1. The Morgan fingerprint density at radius 1 is 1.00 bits per heavy atom. The van der Waals surface area contributed by atoms with Crippen LogP contribution >= 0.6 is 15.9 Å². The quantitative estimate of drug-likeness (QED) is 0.703. The summed E-state index contributed by atoms with van der Waals surface area (Å²) >= 11 is 3.38. The molecule has 0 unspecified atom stereocenters. The van der Waals surface area contributed by atoms with Crippen LogP contribution in [0.15, 0.2) is 65.1 Å². The van der Waals surface area contributed by atoms with Crippen LogP contribution in [0.3, 0.4) is 0 Å². The molecule has 3 aromatic rings. The standard InChI is InChI=1S/C19H16BrN3O2/c1-25-19-11-10-17(22-23-19)14-4-8-16(9-5-14)21-18(24)12-13-2-6-15(20)7-3-13/h2-11H,12H2,1H3,(H,21,24). The molecule has 0 fully saturated rings.